The van der Waals surface area contributed by atoms with E-state index < -0.39 is 5.97 Å². The van der Waals surface area contributed by atoms with Crippen LogP contribution in [0.25, 0.3) is 0 Å². The van der Waals surface area contributed by atoms with Gasteiger partial charge in [0.1, 0.15) is 0 Å². The fraction of sp³-hybridized carbons (Fsp3) is 0.944. The SMILES string of the molecule is CC(C)(C)C1CCCCC1(CC(=O)O)N1CCCCCC1. The van der Waals surface area contributed by atoms with Gasteiger partial charge in [0, 0.05) is 5.54 Å². The number of carboxylic acid groups (broad SMARTS) is 1. The predicted octanol–water partition coefficient (Wildman–Crippen LogP) is 4.31. The minimum absolute atomic E-state index is 0.104. The number of hydrogen-bond donors (Lipinski definition) is 1. The summed E-state index contributed by atoms with van der Waals surface area (Å²) in [6, 6.07) is 0. The Balaban J connectivity index is 2.34. The zero-order valence-corrected chi connectivity index (χ0v) is 14.2. The highest BCUT2D eigenvalue weighted by Gasteiger charge is 2.50. The summed E-state index contributed by atoms with van der Waals surface area (Å²) in [5.74, 6) is -0.122. The number of hydrogen-bond acceptors (Lipinski definition) is 2. The number of rotatable bonds is 3. The summed E-state index contributed by atoms with van der Waals surface area (Å²) in [6.45, 7) is 9.10. The highest BCUT2D eigenvalue weighted by Crippen LogP contribution is 2.49. The Bertz CT molecular complexity index is 353. The molecule has 122 valence electrons. The lowest BCUT2D eigenvalue weighted by Crippen LogP contribution is -2.60. The van der Waals surface area contributed by atoms with E-state index in [1.807, 2.05) is 0 Å². The van der Waals surface area contributed by atoms with Crippen molar-refractivity contribution < 1.29 is 9.90 Å². The molecule has 1 aliphatic heterocycles. The van der Waals surface area contributed by atoms with E-state index in [0.29, 0.717) is 12.3 Å². The van der Waals surface area contributed by atoms with Gasteiger partial charge in [0.25, 0.3) is 0 Å². The number of carboxylic acids is 1. The minimum Gasteiger partial charge on any atom is -0.481 e. The van der Waals surface area contributed by atoms with Gasteiger partial charge in [-0.15, -0.1) is 0 Å². The van der Waals surface area contributed by atoms with Crippen molar-refractivity contribution >= 4 is 5.97 Å². The van der Waals surface area contributed by atoms with Gasteiger partial charge >= 0.3 is 5.97 Å². The average molecular weight is 295 g/mol. The Kier molecular flexibility index (Phi) is 5.34. The molecule has 0 spiro atoms. The van der Waals surface area contributed by atoms with Crippen molar-refractivity contribution in [2.45, 2.75) is 84.1 Å². The molecule has 3 heteroatoms. The molecule has 0 radical (unpaired) electrons. The molecule has 0 amide bonds. The van der Waals surface area contributed by atoms with Crippen LogP contribution < -0.4 is 0 Å². The van der Waals surface area contributed by atoms with Crippen LogP contribution in [0.4, 0.5) is 0 Å². The van der Waals surface area contributed by atoms with Crippen LogP contribution in [-0.2, 0) is 4.79 Å². The second-order valence-corrected chi connectivity index (χ2v) is 8.24. The molecule has 21 heavy (non-hydrogen) atoms. The predicted molar refractivity (Wildman–Crippen MR) is 86.4 cm³/mol. The van der Waals surface area contributed by atoms with Crippen molar-refractivity contribution in [1.82, 2.24) is 4.90 Å². The zero-order chi connectivity index (χ0) is 15.5. The number of aliphatic carboxylic acids is 1. The molecule has 1 saturated carbocycles. The lowest BCUT2D eigenvalue weighted by Gasteiger charge is -2.55. The van der Waals surface area contributed by atoms with Crippen molar-refractivity contribution in [1.29, 1.82) is 0 Å². The summed E-state index contributed by atoms with van der Waals surface area (Å²) in [5.41, 5.74) is 0.0782. The van der Waals surface area contributed by atoms with Crippen LogP contribution >= 0.6 is 0 Å². The van der Waals surface area contributed by atoms with E-state index in [1.54, 1.807) is 0 Å². The van der Waals surface area contributed by atoms with Crippen LogP contribution in [0.3, 0.4) is 0 Å². The summed E-state index contributed by atoms with van der Waals surface area (Å²) < 4.78 is 0. The molecule has 2 rings (SSSR count). The first-order valence-electron chi connectivity index (χ1n) is 8.83. The molecule has 1 saturated heterocycles. The first-order chi connectivity index (χ1) is 9.86. The van der Waals surface area contributed by atoms with Gasteiger partial charge in [-0.3, -0.25) is 9.69 Å². The Morgan fingerprint density at radius 3 is 2.24 bits per heavy atom. The molecule has 2 aliphatic rings. The maximum Gasteiger partial charge on any atom is 0.305 e. The Hall–Kier alpha value is -0.570. The average Bonchev–Trinajstić information content (AvgIpc) is 2.66. The van der Waals surface area contributed by atoms with E-state index in [-0.39, 0.29) is 11.0 Å². The van der Waals surface area contributed by atoms with Gasteiger partial charge < -0.3 is 5.11 Å². The van der Waals surface area contributed by atoms with Gasteiger partial charge in [0.05, 0.1) is 6.42 Å². The maximum absolute atomic E-state index is 11.6. The van der Waals surface area contributed by atoms with Crippen molar-refractivity contribution in [2.24, 2.45) is 11.3 Å². The zero-order valence-electron chi connectivity index (χ0n) is 14.2. The van der Waals surface area contributed by atoms with E-state index in [9.17, 15) is 9.90 Å². The van der Waals surface area contributed by atoms with Crippen LogP contribution in [0.1, 0.15) is 78.6 Å². The quantitative estimate of drug-likeness (QED) is 0.843. The van der Waals surface area contributed by atoms with Crippen molar-refractivity contribution in [2.75, 3.05) is 13.1 Å². The van der Waals surface area contributed by atoms with Crippen LogP contribution in [0.15, 0.2) is 0 Å². The third-order valence-electron chi connectivity index (χ3n) is 5.74. The van der Waals surface area contributed by atoms with E-state index in [4.69, 9.17) is 0 Å². The number of carbonyl (C=O) groups is 1. The number of nitrogens with zero attached hydrogens (tertiary/aromatic N) is 1. The fourth-order valence-electron chi connectivity index (χ4n) is 4.94. The summed E-state index contributed by atoms with van der Waals surface area (Å²) in [5, 5.41) is 9.59. The maximum atomic E-state index is 11.6. The summed E-state index contributed by atoms with van der Waals surface area (Å²) >= 11 is 0. The summed E-state index contributed by atoms with van der Waals surface area (Å²) in [6.07, 6.45) is 10.1. The molecule has 3 nitrogen and oxygen atoms in total. The standard InChI is InChI=1S/C18H33NO2/c1-17(2,3)15-10-6-7-11-18(15,14-16(20)21)19-12-8-4-5-9-13-19/h15H,4-14H2,1-3H3,(H,20,21). The Labute approximate surface area is 130 Å². The number of likely N-dealkylation sites (tertiary alicyclic amines) is 1. The van der Waals surface area contributed by atoms with Gasteiger partial charge in [-0.25, -0.2) is 0 Å². The first kappa shape index (κ1) is 16.8. The Morgan fingerprint density at radius 2 is 1.71 bits per heavy atom. The molecular weight excluding hydrogens is 262 g/mol. The molecule has 1 N–H and O–H groups in total. The van der Waals surface area contributed by atoms with E-state index in [2.05, 4.69) is 25.7 Å². The molecule has 0 aromatic carbocycles. The third kappa shape index (κ3) is 3.80. The highest BCUT2D eigenvalue weighted by atomic mass is 16.4. The summed E-state index contributed by atoms with van der Waals surface area (Å²) in [7, 11) is 0. The smallest absolute Gasteiger partial charge is 0.305 e. The molecule has 2 atom stereocenters. The molecular formula is C18H33NO2. The molecule has 0 aromatic heterocycles. The molecule has 0 aromatic rings. The normalized spacial score (nSPS) is 32.6. The van der Waals surface area contributed by atoms with E-state index >= 15 is 0 Å². The highest BCUT2D eigenvalue weighted by molar-refractivity contribution is 5.68. The molecule has 2 unspecified atom stereocenters. The monoisotopic (exact) mass is 295 g/mol. The lowest BCUT2D eigenvalue weighted by molar-refractivity contribution is -0.145. The van der Waals surface area contributed by atoms with Gasteiger partial charge in [-0.2, -0.15) is 0 Å². The van der Waals surface area contributed by atoms with E-state index in [1.165, 1.54) is 44.9 Å². The Morgan fingerprint density at radius 1 is 1.10 bits per heavy atom. The van der Waals surface area contributed by atoms with Crippen molar-refractivity contribution in [3.63, 3.8) is 0 Å². The van der Waals surface area contributed by atoms with Crippen LogP contribution in [-0.4, -0.2) is 34.6 Å². The van der Waals surface area contributed by atoms with Gasteiger partial charge in [0.15, 0.2) is 0 Å². The summed E-state index contributed by atoms with van der Waals surface area (Å²) in [4.78, 5) is 14.2. The second kappa shape index (κ2) is 6.68. The lowest BCUT2D eigenvalue weighted by atomic mass is 9.60. The molecule has 1 aliphatic carbocycles. The van der Waals surface area contributed by atoms with Crippen molar-refractivity contribution in [3.05, 3.63) is 0 Å². The topological polar surface area (TPSA) is 40.5 Å². The van der Waals surface area contributed by atoms with Crippen LogP contribution in [0.2, 0.25) is 0 Å². The fourth-order valence-corrected chi connectivity index (χ4v) is 4.94. The largest absolute Gasteiger partial charge is 0.481 e. The van der Waals surface area contributed by atoms with Crippen molar-refractivity contribution in [3.8, 4) is 0 Å². The van der Waals surface area contributed by atoms with Gasteiger partial charge in [-0.05, 0) is 50.1 Å². The van der Waals surface area contributed by atoms with Crippen LogP contribution in [0, 0.1) is 11.3 Å². The van der Waals surface area contributed by atoms with Gasteiger partial charge in [0.2, 0.25) is 0 Å². The minimum atomic E-state index is -0.615. The molecule has 1 heterocycles. The first-order valence-corrected chi connectivity index (χ1v) is 8.83. The van der Waals surface area contributed by atoms with Gasteiger partial charge in [-0.1, -0.05) is 46.5 Å². The van der Waals surface area contributed by atoms with Crippen LogP contribution in [0.5, 0.6) is 0 Å². The third-order valence-corrected chi connectivity index (χ3v) is 5.74. The molecule has 2 fully saturated rings. The van der Waals surface area contributed by atoms with E-state index in [0.717, 1.165) is 19.5 Å². The molecule has 0 bridgehead atoms. The second-order valence-electron chi connectivity index (χ2n) is 8.24.